The third-order valence-corrected chi connectivity index (χ3v) is 3.46. The first kappa shape index (κ1) is 11.8. The molecule has 0 saturated heterocycles. The van der Waals surface area contributed by atoms with Gasteiger partial charge in [0.2, 0.25) is 0 Å². The van der Waals surface area contributed by atoms with Crippen LogP contribution in [-0.2, 0) is 19.9 Å². The second-order valence-corrected chi connectivity index (χ2v) is 4.95. The predicted molar refractivity (Wildman–Crippen MR) is 72.7 cm³/mol. The molecule has 3 rings (SSSR count). The van der Waals surface area contributed by atoms with E-state index in [-0.39, 0.29) is 11.9 Å². The molecular weight excluding hydrogens is 240 g/mol. The maximum absolute atomic E-state index is 12.1. The summed E-state index contributed by atoms with van der Waals surface area (Å²) in [5, 5.41) is 7.08. The highest BCUT2D eigenvalue weighted by atomic mass is 16.2. The number of benzene rings is 1. The number of rotatable bonds is 2. The molecule has 1 aliphatic rings. The number of anilines is 1. The zero-order valence-corrected chi connectivity index (χ0v) is 10.8. The van der Waals surface area contributed by atoms with Crippen LogP contribution < -0.4 is 11.1 Å². The zero-order valence-electron chi connectivity index (χ0n) is 10.8. The maximum atomic E-state index is 12.1. The van der Waals surface area contributed by atoms with Gasteiger partial charge in [-0.1, -0.05) is 24.3 Å². The second kappa shape index (κ2) is 4.42. The molecule has 0 bridgehead atoms. The fourth-order valence-electron chi connectivity index (χ4n) is 2.60. The van der Waals surface area contributed by atoms with Crippen molar-refractivity contribution in [1.29, 1.82) is 0 Å². The number of amides is 1. The van der Waals surface area contributed by atoms with Gasteiger partial charge in [-0.25, -0.2) is 0 Å². The minimum Gasteiger partial charge on any atom is -0.396 e. The molecule has 5 heteroatoms. The van der Waals surface area contributed by atoms with Crippen molar-refractivity contribution in [3.8, 4) is 0 Å². The molecule has 19 heavy (non-hydrogen) atoms. The van der Waals surface area contributed by atoms with Gasteiger partial charge in [0.1, 0.15) is 0 Å². The van der Waals surface area contributed by atoms with Crippen LogP contribution in [0.4, 0.5) is 5.69 Å². The minimum absolute atomic E-state index is 0.131. The summed E-state index contributed by atoms with van der Waals surface area (Å²) in [6, 6.07) is 8.40. The molecule has 2 aromatic rings. The van der Waals surface area contributed by atoms with Gasteiger partial charge < -0.3 is 11.1 Å². The molecule has 1 amide bonds. The summed E-state index contributed by atoms with van der Waals surface area (Å²) in [5.74, 6) is -0.198. The average molecular weight is 256 g/mol. The monoisotopic (exact) mass is 256 g/mol. The SMILES string of the molecule is Cn1cc(N)c(C(=O)NC2Cc3ccccc3C2)n1. The Labute approximate surface area is 111 Å². The van der Waals surface area contributed by atoms with Crippen LogP contribution >= 0.6 is 0 Å². The van der Waals surface area contributed by atoms with Crippen molar-refractivity contribution in [3.05, 3.63) is 47.3 Å². The molecule has 5 nitrogen and oxygen atoms in total. The normalized spacial score (nSPS) is 14.4. The first-order valence-corrected chi connectivity index (χ1v) is 6.30. The fourth-order valence-corrected chi connectivity index (χ4v) is 2.60. The van der Waals surface area contributed by atoms with Gasteiger partial charge in [-0.15, -0.1) is 0 Å². The number of nitrogens with zero attached hydrogens (tertiary/aromatic N) is 2. The third-order valence-electron chi connectivity index (χ3n) is 3.46. The van der Waals surface area contributed by atoms with E-state index in [1.807, 2.05) is 12.1 Å². The van der Waals surface area contributed by atoms with Gasteiger partial charge in [0, 0.05) is 19.3 Å². The summed E-state index contributed by atoms with van der Waals surface area (Å²) >= 11 is 0. The Bertz CT molecular complexity index is 607. The Balaban J connectivity index is 1.71. The lowest BCUT2D eigenvalue weighted by Crippen LogP contribution is -2.35. The van der Waals surface area contributed by atoms with Crippen LogP contribution in [0.5, 0.6) is 0 Å². The number of nitrogen functional groups attached to an aromatic ring is 1. The summed E-state index contributed by atoms with van der Waals surface area (Å²) < 4.78 is 1.55. The highest BCUT2D eigenvalue weighted by Crippen LogP contribution is 2.22. The number of carbonyl (C=O) groups excluding carboxylic acids is 1. The largest absolute Gasteiger partial charge is 0.396 e. The van der Waals surface area contributed by atoms with Crippen molar-refractivity contribution in [2.45, 2.75) is 18.9 Å². The zero-order chi connectivity index (χ0) is 13.4. The summed E-state index contributed by atoms with van der Waals surface area (Å²) in [5.41, 5.74) is 9.09. The van der Waals surface area contributed by atoms with E-state index in [9.17, 15) is 4.79 Å². The van der Waals surface area contributed by atoms with Gasteiger partial charge in [-0.05, 0) is 24.0 Å². The fraction of sp³-hybridized carbons (Fsp3) is 0.286. The van der Waals surface area contributed by atoms with Crippen molar-refractivity contribution >= 4 is 11.6 Å². The molecule has 0 aliphatic heterocycles. The van der Waals surface area contributed by atoms with Gasteiger partial charge >= 0.3 is 0 Å². The van der Waals surface area contributed by atoms with E-state index >= 15 is 0 Å². The summed E-state index contributed by atoms with van der Waals surface area (Å²) in [6.07, 6.45) is 3.38. The molecule has 98 valence electrons. The van der Waals surface area contributed by atoms with Crippen molar-refractivity contribution in [1.82, 2.24) is 15.1 Å². The Hall–Kier alpha value is -2.30. The van der Waals surface area contributed by atoms with E-state index in [0.29, 0.717) is 11.4 Å². The average Bonchev–Trinajstić information content (AvgIpc) is 2.91. The molecular formula is C14H16N4O. The molecule has 1 aliphatic carbocycles. The summed E-state index contributed by atoms with van der Waals surface area (Å²) in [6.45, 7) is 0. The van der Waals surface area contributed by atoms with Crippen molar-refractivity contribution < 1.29 is 4.79 Å². The Morgan fingerprint density at radius 2 is 2.00 bits per heavy atom. The standard InChI is InChI=1S/C14H16N4O/c1-18-8-12(15)13(17-18)14(19)16-11-6-9-4-2-3-5-10(9)7-11/h2-5,8,11H,6-7,15H2,1H3,(H,16,19). The third kappa shape index (κ3) is 2.19. The molecule has 0 atom stereocenters. The first-order valence-electron chi connectivity index (χ1n) is 6.30. The number of nitrogens with two attached hydrogens (primary N) is 1. The van der Waals surface area contributed by atoms with Crippen molar-refractivity contribution in [3.63, 3.8) is 0 Å². The van der Waals surface area contributed by atoms with Gasteiger partial charge in [-0.2, -0.15) is 5.10 Å². The molecule has 0 saturated carbocycles. The number of carbonyl (C=O) groups is 1. The van der Waals surface area contributed by atoms with Crippen LogP contribution in [0.25, 0.3) is 0 Å². The molecule has 0 radical (unpaired) electrons. The number of hydrogen-bond acceptors (Lipinski definition) is 3. The van der Waals surface area contributed by atoms with Crippen molar-refractivity contribution in [2.75, 3.05) is 5.73 Å². The van der Waals surface area contributed by atoms with Gasteiger partial charge in [-0.3, -0.25) is 9.48 Å². The summed E-state index contributed by atoms with van der Waals surface area (Å²) in [7, 11) is 1.75. The Morgan fingerprint density at radius 3 is 2.53 bits per heavy atom. The lowest BCUT2D eigenvalue weighted by atomic mass is 10.1. The van der Waals surface area contributed by atoms with E-state index in [0.717, 1.165) is 12.8 Å². The molecule has 1 aromatic heterocycles. The number of aryl methyl sites for hydroxylation is 1. The number of aromatic nitrogens is 2. The van der Waals surface area contributed by atoms with E-state index in [1.54, 1.807) is 17.9 Å². The molecule has 1 aromatic carbocycles. The Kier molecular flexibility index (Phi) is 2.74. The van der Waals surface area contributed by atoms with Crippen LogP contribution in [0.15, 0.2) is 30.5 Å². The highest BCUT2D eigenvalue weighted by molar-refractivity contribution is 5.97. The molecule has 1 heterocycles. The number of fused-ring (bicyclic) bond motifs is 1. The van der Waals surface area contributed by atoms with Crippen LogP contribution in [-0.4, -0.2) is 21.7 Å². The quantitative estimate of drug-likeness (QED) is 0.838. The van der Waals surface area contributed by atoms with Crippen LogP contribution in [0.3, 0.4) is 0 Å². The van der Waals surface area contributed by atoms with Gasteiger partial charge in [0.05, 0.1) is 5.69 Å². The van der Waals surface area contributed by atoms with Gasteiger partial charge in [0.25, 0.3) is 5.91 Å². The van der Waals surface area contributed by atoms with E-state index in [1.165, 1.54) is 11.1 Å². The van der Waals surface area contributed by atoms with Crippen LogP contribution in [0.1, 0.15) is 21.6 Å². The number of hydrogen-bond donors (Lipinski definition) is 2. The van der Waals surface area contributed by atoms with E-state index in [4.69, 9.17) is 5.73 Å². The van der Waals surface area contributed by atoms with Crippen LogP contribution in [0, 0.1) is 0 Å². The maximum Gasteiger partial charge on any atom is 0.274 e. The van der Waals surface area contributed by atoms with E-state index < -0.39 is 0 Å². The predicted octanol–water partition coefficient (Wildman–Crippen LogP) is 0.899. The molecule has 3 N–H and O–H groups in total. The minimum atomic E-state index is -0.198. The summed E-state index contributed by atoms with van der Waals surface area (Å²) in [4.78, 5) is 12.1. The Morgan fingerprint density at radius 1 is 1.37 bits per heavy atom. The molecule has 0 unspecified atom stereocenters. The topological polar surface area (TPSA) is 72.9 Å². The van der Waals surface area contributed by atoms with Crippen LogP contribution in [0.2, 0.25) is 0 Å². The molecule has 0 spiro atoms. The first-order chi connectivity index (χ1) is 9.13. The molecule has 0 fully saturated rings. The highest BCUT2D eigenvalue weighted by Gasteiger charge is 2.24. The second-order valence-electron chi connectivity index (χ2n) is 4.95. The smallest absolute Gasteiger partial charge is 0.274 e. The van der Waals surface area contributed by atoms with E-state index in [2.05, 4.69) is 22.5 Å². The lowest BCUT2D eigenvalue weighted by molar-refractivity contribution is 0.0933. The lowest BCUT2D eigenvalue weighted by Gasteiger charge is -2.10. The van der Waals surface area contributed by atoms with Crippen molar-refractivity contribution in [2.24, 2.45) is 7.05 Å². The van der Waals surface area contributed by atoms with Gasteiger partial charge in [0.15, 0.2) is 5.69 Å². The number of nitrogens with one attached hydrogen (secondary N) is 1.